The first-order chi connectivity index (χ1) is 9.77. The Hall–Kier alpha value is -2.29. The number of carboxylic acid groups (broad SMARTS) is 1. The SMILES string of the molecule is CC(C)(C)c1nc(C(=O)NCc2nc(C(=O)O)cs2)n[nH]1. The van der Waals surface area contributed by atoms with E-state index >= 15 is 0 Å². The summed E-state index contributed by atoms with van der Waals surface area (Å²) in [6.07, 6.45) is 0. The highest BCUT2D eigenvalue weighted by Gasteiger charge is 2.21. The van der Waals surface area contributed by atoms with Crippen LogP contribution in [0.15, 0.2) is 5.38 Å². The molecule has 0 aliphatic carbocycles. The number of nitrogens with one attached hydrogen (secondary N) is 2. The van der Waals surface area contributed by atoms with Crippen molar-refractivity contribution < 1.29 is 14.7 Å². The predicted molar refractivity (Wildman–Crippen MR) is 75.3 cm³/mol. The number of aromatic amines is 1. The number of carbonyl (C=O) groups is 2. The van der Waals surface area contributed by atoms with Gasteiger partial charge in [-0.2, -0.15) is 0 Å². The molecule has 2 aromatic rings. The quantitative estimate of drug-likeness (QED) is 0.780. The molecule has 2 aromatic heterocycles. The Labute approximate surface area is 124 Å². The molecule has 0 unspecified atom stereocenters. The predicted octanol–water partition coefficient (Wildman–Crippen LogP) is 1.19. The molecule has 0 fully saturated rings. The number of aromatic nitrogens is 4. The molecule has 0 atom stereocenters. The summed E-state index contributed by atoms with van der Waals surface area (Å²) in [5.41, 5.74) is -0.255. The molecule has 0 saturated carbocycles. The molecule has 2 rings (SSSR count). The minimum atomic E-state index is -1.09. The first kappa shape index (κ1) is 15.1. The van der Waals surface area contributed by atoms with Gasteiger partial charge in [-0.1, -0.05) is 20.8 Å². The number of thiazole rings is 1. The Morgan fingerprint density at radius 1 is 1.38 bits per heavy atom. The second-order valence-electron chi connectivity index (χ2n) is 5.37. The van der Waals surface area contributed by atoms with Gasteiger partial charge in [-0.25, -0.2) is 14.8 Å². The van der Waals surface area contributed by atoms with Crippen LogP contribution in [0.4, 0.5) is 0 Å². The van der Waals surface area contributed by atoms with Crippen molar-refractivity contribution in [1.29, 1.82) is 0 Å². The van der Waals surface area contributed by atoms with Gasteiger partial charge in [0.2, 0.25) is 5.82 Å². The van der Waals surface area contributed by atoms with Crippen molar-refractivity contribution in [1.82, 2.24) is 25.5 Å². The van der Waals surface area contributed by atoms with Crippen molar-refractivity contribution in [3.8, 4) is 0 Å². The van der Waals surface area contributed by atoms with E-state index in [0.29, 0.717) is 10.8 Å². The van der Waals surface area contributed by atoms with Gasteiger partial charge in [-0.05, 0) is 0 Å². The van der Waals surface area contributed by atoms with Crippen LogP contribution in [0.1, 0.15) is 52.7 Å². The highest BCUT2D eigenvalue weighted by molar-refractivity contribution is 7.09. The normalized spacial score (nSPS) is 11.4. The maximum atomic E-state index is 11.9. The number of rotatable bonds is 4. The van der Waals surface area contributed by atoms with Crippen molar-refractivity contribution in [2.24, 2.45) is 0 Å². The Morgan fingerprint density at radius 3 is 2.62 bits per heavy atom. The van der Waals surface area contributed by atoms with E-state index in [9.17, 15) is 9.59 Å². The molecule has 112 valence electrons. The fraction of sp³-hybridized carbons (Fsp3) is 0.417. The molecule has 3 N–H and O–H groups in total. The molecule has 1 amide bonds. The van der Waals surface area contributed by atoms with Gasteiger partial charge in [-0.15, -0.1) is 16.4 Å². The molecule has 0 radical (unpaired) electrons. The summed E-state index contributed by atoms with van der Waals surface area (Å²) in [6, 6.07) is 0. The molecule has 0 spiro atoms. The van der Waals surface area contributed by atoms with Crippen molar-refractivity contribution >= 4 is 23.2 Å². The number of carboxylic acids is 1. The zero-order valence-corrected chi connectivity index (χ0v) is 12.6. The van der Waals surface area contributed by atoms with Crippen molar-refractivity contribution in [2.75, 3.05) is 0 Å². The molecule has 0 saturated heterocycles. The molecular formula is C12H15N5O3S. The van der Waals surface area contributed by atoms with E-state index in [2.05, 4.69) is 25.5 Å². The van der Waals surface area contributed by atoms with Crippen LogP contribution in [0.2, 0.25) is 0 Å². The van der Waals surface area contributed by atoms with E-state index in [-0.39, 0.29) is 23.5 Å². The summed E-state index contributed by atoms with van der Waals surface area (Å²) in [5.74, 6) is -0.855. The Balaban J connectivity index is 1.98. The molecule has 8 nitrogen and oxygen atoms in total. The molecule has 21 heavy (non-hydrogen) atoms. The second kappa shape index (κ2) is 5.60. The smallest absolute Gasteiger partial charge is 0.355 e. The summed E-state index contributed by atoms with van der Waals surface area (Å²) >= 11 is 1.17. The maximum absolute atomic E-state index is 11.9. The lowest BCUT2D eigenvalue weighted by molar-refractivity contribution is 0.0691. The number of aromatic carboxylic acids is 1. The molecule has 0 bridgehead atoms. The lowest BCUT2D eigenvalue weighted by Crippen LogP contribution is -2.24. The summed E-state index contributed by atoms with van der Waals surface area (Å²) in [7, 11) is 0. The Bertz CT molecular complexity index is 670. The molecule has 2 heterocycles. The lowest BCUT2D eigenvalue weighted by atomic mass is 9.96. The lowest BCUT2D eigenvalue weighted by Gasteiger charge is -2.12. The van der Waals surface area contributed by atoms with E-state index in [4.69, 9.17) is 5.11 Å². The van der Waals surface area contributed by atoms with Crippen LogP contribution in [0, 0.1) is 0 Å². The van der Waals surface area contributed by atoms with Crippen LogP contribution in [0.5, 0.6) is 0 Å². The third kappa shape index (κ3) is 3.63. The van der Waals surface area contributed by atoms with Crippen molar-refractivity contribution in [2.45, 2.75) is 32.7 Å². The highest BCUT2D eigenvalue weighted by Crippen LogP contribution is 2.17. The van der Waals surface area contributed by atoms with Crippen LogP contribution in [0.3, 0.4) is 0 Å². The number of hydrogen-bond donors (Lipinski definition) is 3. The fourth-order valence-electron chi connectivity index (χ4n) is 1.42. The van der Waals surface area contributed by atoms with Crippen LogP contribution in [-0.2, 0) is 12.0 Å². The number of H-pyrrole nitrogens is 1. The van der Waals surface area contributed by atoms with Crippen LogP contribution in [0.25, 0.3) is 0 Å². The average Bonchev–Trinajstić information content (AvgIpc) is 3.04. The standard InChI is InChI=1S/C12H15N5O3S/c1-12(2,3)11-15-8(16-17-11)9(18)13-4-7-14-6(5-21-7)10(19)20/h5H,4H2,1-3H3,(H,13,18)(H,19,20)(H,15,16,17). The molecular weight excluding hydrogens is 294 g/mol. The monoisotopic (exact) mass is 309 g/mol. The Kier molecular flexibility index (Phi) is 4.03. The van der Waals surface area contributed by atoms with E-state index in [1.54, 1.807) is 0 Å². The minimum absolute atomic E-state index is 0.0304. The van der Waals surface area contributed by atoms with Gasteiger partial charge >= 0.3 is 5.97 Å². The van der Waals surface area contributed by atoms with Gasteiger partial charge in [0.05, 0.1) is 6.54 Å². The topological polar surface area (TPSA) is 121 Å². The van der Waals surface area contributed by atoms with Crippen LogP contribution in [-0.4, -0.2) is 37.1 Å². The maximum Gasteiger partial charge on any atom is 0.355 e. The first-order valence-electron chi connectivity index (χ1n) is 6.16. The summed E-state index contributed by atoms with van der Waals surface area (Å²) in [6.45, 7) is 6.00. The largest absolute Gasteiger partial charge is 0.476 e. The third-order valence-corrected chi connectivity index (χ3v) is 3.42. The van der Waals surface area contributed by atoms with Gasteiger partial charge in [-0.3, -0.25) is 9.89 Å². The minimum Gasteiger partial charge on any atom is -0.476 e. The van der Waals surface area contributed by atoms with Gasteiger partial charge in [0.1, 0.15) is 10.8 Å². The zero-order valence-electron chi connectivity index (χ0n) is 11.8. The van der Waals surface area contributed by atoms with Gasteiger partial charge in [0.25, 0.3) is 5.91 Å². The highest BCUT2D eigenvalue weighted by atomic mass is 32.1. The van der Waals surface area contributed by atoms with E-state index in [0.717, 1.165) is 0 Å². The molecule has 0 aliphatic rings. The van der Waals surface area contributed by atoms with Gasteiger partial charge in [0, 0.05) is 10.8 Å². The number of hydrogen-bond acceptors (Lipinski definition) is 6. The summed E-state index contributed by atoms with van der Waals surface area (Å²) in [5, 5.41) is 19.9. The van der Waals surface area contributed by atoms with Gasteiger partial charge < -0.3 is 10.4 Å². The van der Waals surface area contributed by atoms with E-state index in [1.807, 2.05) is 20.8 Å². The number of nitrogens with zero attached hydrogens (tertiary/aromatic N) is 3. The van der Waals surface area contributed by atoms with E-state index in [1.165, 1.54) is 16.7 Å². The summed E-state index contributed by atoms with van der Waals surface area (Å²) in [4.78, 5) is 30.6. The summed E-state index contributed by atoms with van der Waals surface area (Å²) < 4.78 is 0. The number of amides is 1. The zero-order chi connectivity index (χ0) is 15.6. The molecule has 0 aromatic carbocycles. The molecule has 9 heteroatoms. The average molecular weight is 309 g/mol. The van der Waals surface area contributed by atoms with Crippen LogP contribution < -0.4 is 5.32 Å². The number of carbonyl (C=O) groups excluding carboxylic acids is 1. The fourth-order valence-corrected chi connectivity index (χ4v) is 2.13. The van der Waals surface area contributed by atoms with Crippen molar-refractivity contribution in [3.63, 3.8) is 0 Å². The van der Waals surface area contributed by atoms with Crippen LogP contribution >= 0.6 is 11.3 Å². The molecule has 0 aliphatic heterocycles. The van der Waals surface area contributed by atoms with E-state index < -0.39 is 11.9 Å². The van der Waals surface area contributed by atoms with Crippen molar-refractivity contribution in [3.05, 3.63) is 27.7 Å². The van der Waals surface area contributed by atoms with Gasteiger partial charge in [0.15, 0.2) is 5.69 Å². The first-order valence-corrected chi connectivity index (χ1v) is 7.04. The Morgan fingerprint density at radius 2 is 2.10 bits per heavy atom. The third-order valence-electron chi connectivity index (χ3n) is 2.57. The second-order valence-corrected chi connectivity index (χ2v) is 6.31.